The Kier molecular flexibility index (Phi) is 6.16. The van der Waals surface area contributed by atoms with Gasteiger partial charge in [-0.2, -0.15) is 0 Å². The Hall–Kier alpha value is -3.42. The van der Waals surface area contributed by atoms with Crippen LogP contribution in [0, 0.1) is 0 Å². The average molecular weight is 426 g/mol. The molecule has 0 aliphatic carbocycles. The van der Waals surface area contributed by atoms with E-state index in [9.17, 15) is 9.59 Å². The zero-order valence-corrected chi connectivity index (χ0v) is 17.7. The van der Waals surface area contributed by atoms with Crippen LogP contribution in [0.3, 0.4) is 0 Å². The van der Waals surface area contributed by atoms with Gasteiger partial charge in [-0.05, 0) is 49.1 Å². The number of carbonyl (C=O) groups is 2. The number of anilines is 1. The summed E-state index contributed by atoms with van der Waals surface area (Å²) in [4.78, 5) is 27.6. The number of nitrogens with one attached hydrogen (secondary N) is 1. The van der Waals surface area contributed by atoms with E-state index >= 15 is 0 Å². The Balaban J connectivity index is 1.55. The summed E-state index contributed by atoms with van der Waals surface area (Å²) in [5.74, 6) is 1.73. The number of hydrogen-bond acceptors (Lipinski definition) is 6. The molecule has 0 radical (unpaired) electrons. The van der Waals surface area contributed by atoms with Gasteiger partial charge in [-0.1, -0.05) is 6.07 Å². The molecule has 0 bridgehead atoms. The fraction of sp³-hybridized carbons (Fsp3) is 0.391. The number of hydrogen-bond donors (Lipinski definition) is 1. The molecular weight excluding hydrogens is 400 g/mol. The molecule has 2 aromatic carbocycles. The molecule has 2 aromatic rings. The van der Waals surface area contributed by atoms with Crippen molar-refractivity contribution in [2.75, 3.05) is 39.4 Å². The van der Waals surface area contributed by atoms with E-state index in [0.717, 1.165) is 37.9 Å². The summed E-state index contributed by atoms with van der Waals surface area (Å²) in [6.45, 7) is 1.65. The van der Waals surface area contributed by atoms with Crippen LogP contribution >= 0.6 is 0 Å². The molecule has 0 unspecified atom stereocenters. The number of fused-ring (bicyclic) bond motifs is 1. The fourth-order valence-corrected chi connectivity index (χ4v) is 3.89. The molecule has 31 heavy (non-hydrogen) atoms. The van der Waals surface area contributed by atoms with E-state index in [1.54, 1.807) is 24.3 Å². The number of nitrogens with zero attached hydrogens (tertiary/aromatic N) is 1. The SMILES string of the molecule is COc1cc(C(=O)N2CCCCC2)cc(NC(=O)Cc2ccc3c(c2)OCO3)c1OC. The molecule has 1 fully saturated rings. The number of ether oxygens (including phenoxy) is 4. The van der Waals surface area contributed by atoms with E-state index < -0.39 is 0 Å². The third kappa shape index (κ3) is 4.52. The molecule has 1 saturated heterocycles. The molecular formula is C23H26N2O6. The van der Waals surface area contributed by atoms with Gasteiger partial charge in [0, 0.05) is 18.7 Å². The van der Waals surface area contributed by atoms with Crippen molar-refractivity contribution in [3.63, 3.8) is 0 Å². The molecule has 2 heterocycles. The first-order valence-corrected chi connectivity index (χ1v) is 10.3. The second-order valence-electron chi connectivity index (χ2n) is 7.52. The highest BCUT2D eigenvalue weighted by molar-refractivity contribution is 6.00. The second kappa shape index (κ2) is 9.16. The van der Waals surface area contributed by atoms with E-state index in [-0.39, 0.29) is 25.0 Å². The van der Waals surface area contributed by atoms with Gasteiger partial charge in [0.25, 0.3) is 5.91 Å². The van der Waals surface area contributed by atoms with E-state index in [2.05, 4.69) is 5.32 Å². The maximum atomic E-state index is 13.0. The van der Waals surface area contributed by atoms with Crippen LogP contribution in [0.25, 0.3) is 0 Å². The predicted octanol–water partition coefficient (Wildman–Crippen LogP) is 3.24. The van der Waals surface area contributed by atoms with Crippen molar-refractivity contribution < 1.29 is 28.5 Å². The van der Waals surface area contributed by atoms with E-state index in [0.29, 0.717) is 34.2 Å². The van der Waals surface area contributed by atoms with E-state index in [1.165, 1.54) is 14.2 Å². The number of likely N-dealkylation sites (tertiary alicyclic amines) is 1. The molecule has 2 aliphatic rings. The lowest BCUT2D eigenvalue weighted by Crippen LogP contribution is -2.35. The lowest BCUT2D eigenvalue weighted by atomic mass is 10.1. The Morgan fingerprint density at radius 2 is 1.77 bits per heavy atom. The Morgan fingerprint density at radius 1 is 1.00 bits per heavy atom. The standard InChI is InChI=1S/C23H26N2O6/c1-28-20-13-16(23(27)25-8-4-3-5-9-25)12-17(22(20)29-2)24-21(26)11-15-6-7-18-19(10-15)31-14-30-18/h6-7,10,12-13H,3-5,8-9,11,14H2,1-2H3,(H,24,26). The third-order valence-corrected chi connectivity index (χ3v) is 5.44. The normalized spacial score (nSPS) is 14.8. The zero-order valence-electron chi connectivity index (χ0n) is 17.7. The summed E-state index contributed by atoms with van der Waals surface area (Å²) in [6.07, 6.45) is 3.26. The molecule has 8 heteroatoms. The summed E-state index contributed by atoms with van der Waals surface area (Å²) < 4.78 is 21.6. The largest absolute Gasteiger partial charge is 0.493 e. The molecule has 0 aromatic heterocycles. The maximum absolute atomic E-state index is 13.0. The smallest absolute Gasteiger partial charge is 0.254 e. The second-order valence-corrected chi connectivity index (χ2v) is 7.52. The predicted molar refractivity (Wildman–Crippen MR) is 114 cm³/mol. The van der Waals surface area contributed by atoms with Gasteiger partial charge in [-0.25, -0.2) is 0 Å². The number of benzene rings is 2. The number of amides is 2. The van der Waals surface area contributed by atoms with Gasteiger partial charge in [-0.3, -0.25) is 9.59 Å². The quantitative estimate of drug-likeness (QED) is 0.763. The number of carbonyl (C=O) groups excluding carboxylic acids is 2. The fourth-order valence-electron chi connectivity index (χ4n) is 3.89. The van der Waals surface area contributed by atoms with Crippen LogP contribution in [-0.4, -0.2) is 50.8 Å². The van der Waals surface area contributed by atoms with Crippen molar-refractivity contribution in [2.24, 2.45) is 0 Å². The Labute approximate surface area is 181 Å². The highest BCUT2D eigenvalue weighted by Gasteiger charge is 2.23. The monoisotopic (exact) mass is 426 g/mol. The Bertz CT molecular complexity index is 984. The van der Waals surface area contributed by atoms with Gasteiger partial charge in [0.15, 0.2) is 23.0 Å². The van der Waals surface area contributed by atoms with Crippen LogP contribution < -0.4 is 24.3 Å². The molecule has 0 saturated carbocycles. The summed E-state index contributed by atoms with van der Waals surface area (Å²) in [5.41, 5.74) is 1.64. The maximum Gasteiger partial charge on any atom is 0.254 e. The molecule has 2 aliphatic heterocycles. The minimum absolute atomic E-state index is 0.0769. The van der Waals surface area contributed by atoms with E-state index in [1.807, 2.05) is 11.0 Å². The van der Waals surface area contributed by atoms with Crippen LogP contribution in [0.15, 0.2) is 30.3 Å². The summed E-state index contributed by atoms with van der Waals surface area (Å²) >= 11 is 0. The molecule has 4 rings (SSSR count). The first kappa shape index (κ1) is 20.8. The molecule has 0 spiro atoms. The van der Waals surface area contributed by atoms with Crippen molar-refractivity contribution >= 4 is 17.5 Å². The minimum Gasteiger partial charge on any atom is -0.493 e. The van der Waals surface area contributed by atoms with Crippen LogP contribution in [0.4, 0.5) is 5.69 Å². The van der Waals surface area contributed by atoms with Gasteiger partial charge in [0.1, 0.15) is 0 Å². The van der Waals surface area contributed by atoms with Crippen molar-refractivity contribution in [2.45, 2.75) is 25.7 Å². The van der Waals surface area contributed by atoms with Crippen molar-refractivity contribution in [3.8, 4) is 23.0 Å². The highest BCUT2D eigenvalue weighted by atomic mass is 16.7. The van der Waals surface area contributed by atoms with Crippen LogP contribution in [0.2, 0.25) is 0 Å². The van der Waals surface area contributed by atoms with Crippen molar-refractivity contribution in [1.29, 1.82) is 0 Å². The molecule has 2 amide bonds. The van der Waals surface area contributed by atoms with E-state index in [4.69, 9.17) is 18.9 Å². The van der Waals surface area contributed by atoms with Crippen LogP contribution in [-0.2, 0) is 11.2 Å². The zero-order chi connectivity index (χ0) is 21.8. The first-order valence-electron chi connectivity index (χ1n) is 10.3. The Morgan fingerprint density at radius 3 is 2.52 bits per heavy atom. The van der Waals surface area contributed by atoms with Crippen LogP contribution in [0.1, 0.15) is 35.2 Å². The molecule has 164 valence electrons. The molecule has 1 N–H and O–H groups in total. The van der Waals surface area contributed by atoms with Crippen molar-refractivity contribution in [1.82, 2.24) is 4.90 Å². The lowest BCUT2D eigenvalue weighted by molar-refractivity contribution is -0.115. The highest BCUT2D eigenvalue weighted by Crippen LogP contribution is 2.37. The molecule has 8 nitrogen and oxygen atoms in total. The average Bonchev–Trinajstić information content (AvgIpc) is 3.26. The topological polar surface area (TPSA) is 86.3 Å². The third-order valence-electron chi connectivity index (χ3n) is 5.44. The van der Waals surface area contributed by atoms with Gasteiger partial charge in [0.2, 0.25) is 12.7 Å². The number of rotatable bonds is 6. The van der Waals surface area contributed by atoms with Gasteiger partial charge in [-0.15, -0.1) is 0 Å². The lowest BCUT2D eigenvalue weighted by Gasteiger charge is -2.27. The molecule has 0 atom stereocenters. The van der Waals surface area contributed by atoms with Gasteiger partial charge in [0.05, 0.1) is 26.3 Å². The number of piperidine rings is 1. The summed E-state index contributed by atoms with van der Waals surface area (Å²) in [6, 6.07) is 8.70. The summed E-state index contributed by atoms with van der Waals surface area (Å²) in [5, 5.41) is 2.86. The van der Waals surface area contributed by atoms with Gasteiger partial charge >= 0.3 is 0 Å². The minimum atomic E-state index is -0.248. The van der Waals surface area contributed by atoms with Gasteiger partial charge < -0.3 is 29.2 Å². The van der Waals surface area contributed by atoms with Crippen LogP contribution in [0.5, 0.6) is 23.0 Å². The summed E-state index contributed by atoms with van der Waals surface area (Å²) in [7, 11) is 3.00. The number of methoxy groups -OCH3 is 2. The van der Waals surface area contributed by atoms with Crippen molar-refractivity contribution in [3.05, 3.63) is 41.5 Å². The first-order chi connectivity index (χ1) is 15.1.